The average molecular weight is 200 g/mol. The van der Waals surface area contributed by atoms with Crippen molar-refractivity contribution in [1.29, 1.82) is 0 Å². The van der Waals surface area contributed by atoms with E-state index in [0.29, 0.717) is 6.04 Å². The van der Waals surface area contributed by atoms with Crippen LogP contribution in [0.1, 0.15) is 13.3 Å². The number of carbonyl (C=O) groups excluding carboxylic acids is 2. The molecule has 5 N–H and O–H groups in total. The van der Waals surface area contributed by atoms with Gasteiger partial charge in [-0.25, -0.2) is 4.79 Å². The first-order chi connectivity index (χ1) is 6.59. The number of hydrogen-bond donors (Lipinski definition) is 4. The zero-order valence-corrected chi connectivity index (χ0v) is 8.17. The molecule has 1 aliphatic heterocycles. The van der Waals surface area contributed by atoms with Crippen LogP contribution in [0.2, 0.25) is 0 Å². The maximum absolute atomic E-state index is 11.2. The number of amides is 3. The molecule has 0 spiro atoms. The molecule has 2 atom stereocenters. The molecule has 0 radical (unpaired) electrons. The molecular weight excluding hydrogens is 184 g/mol. The van der Waals surface area contributed by atoms with Crippen molar-refractivity contribution in [2.75, 3.05) is 13.1 Å². The largest absolute Gasteiger partial charge is 0.351 e. The van der Waals surface area contributed by atoms with Crippen LogP contribution in [0.4, 0.5) is 4.79 Å². The van der Waals surface area contributed by atoms with Gasteiger partial charge < -0.3 is 16.4 Å². The van der Waals surface area contributed by atoms with Crippen molar-refractivity contribution in [1.82, 2.24) is 16.0 Å². The molecule has 1 fully saturated rings. The summed E-state index contributed by atoms with van der Waals surface area (Å²) in [6.45, 7) is 3.52. The molecule has 0 bridgehead atoms. The molecular formula is C8H16N4O2. The van der Waals surface area contributed by atoms with Crippen molar-refractivity contribution < 1.29 is 9.59 Å². The van der Waals surface area contributed by atoms with E-state index >= 15 is 0 Å². The summed E-state index contributed by atoms with van der Waals surface area (Å²) in [4.78, 5) is 21.6. The summed E-state index contributed by atoms with van der Waals surface area (Å²) in [6, 6.07) is -0.913. The molecule has 1 rings (SSSR count). The maximum atomic E-state index is 11.2. The third-order valence-corrected chi connectivity index (χ3v) is 2.19. The van der Waals surface area contributed by atoms with Crippen LogP contribution in [0, 0.1) is 0 Å². The highest BCUT2D eigenvalue weighted by Crippen LogP contribution is 1.98. The van der Waals surface area contributed by atoms with E-state index in [0.717, 1.165) is 19.5 Å². The second kappa shape index (κ2) is 4.92. The Bertz CT molecular complexity index is 225. The van der Waals surface area contributed by atoms with E-state index in [9.17, 15) is 9.59 Å². The molecule has 0 aromatic carbocycles. The fourth-order valence-electron chi connectivity index (χ4n) is 1.46. The van der Waals surface area contributed by atoms with Gasteiger partial charge in [0.05, 0.1) is 6.04 Å². The lowest BCUT2D eigenvalue weighted by molar-refractivity contribution is -0.121. The number of carbonyl (C=O) groups is 2. The van der Waals surface area contributed by atoms with E-state index < -0.39 is 12.1 Å². The van der Waals surface area contributed by atoms with Crippen LogP contribution >= 0.6 is 0 Å². The van der Waals surface area contributed by atoms with Gasteiger partial charge >= 0.3 is 6.03 Å². The molecule has 1 heterocycles. The van der Waals surface area contributed by atoms with Crippen molar-refractivity contribution in [3.63, 3.8) is 0 Å². The standard InChI is InChI=1S/C8H16N4O2/c1-5(7(13)12-8(9)14)11-6-2-3-10-4-6/h5-6,10-11H,2-4H2,1H3,(H3,9,12,13,14). The van der Waals surface area contributed by atoms with E-state index in [1.807, 2.05) is 5.32 Å². The zero-order valence-electron chi connectivity index (χ0n) is 8.17. The summed E-state index contributed by atoms with van der Waals surface area (Å²) in [5.74, 6) is -0.385. The maximum Gasteiger partial charge on any atom is 0.318 e. The molecule has 14 heavy (non-hydrogen) atoms. The summed E-state index contributed by atoms with van der Waals surface area (Å²) >= 11 is 0. The minimum atomic E-state index is -0.812. The number of primary amides is 1. The van der Waals surface area contributed by atoms with Crippen LogP contribution in [-0.4, -0.2) is 37.1 Å². The van der Waals surface area contributed by atoms with Crippen molar-refractivity contribution in [3.8, 4) is 0 Å². The van der Waals surface area contributed by atoms with Gasteiger partial charge in [0.25, 0.3) is 0 Å². The highest BCUT2D eigenvalue weighted by molar-refractivity contribution is 5.96. The molecule has 3 amide bonds. The number of nitrogens with one attached hydrogen (secondary N) is 3. The first-order valence-corrected chi connectivity index (χ1v) is 4.66. The van der Waals surface area contributed by atoms with E-state index in [-0.39, 0.29) is 5.91 Å². The van der Waals surface area contributed by atoms with Gasteiger partial charge in [0.2, 0.25) is 5.91 Å². The van der Waals surface area contributed by atoms with Crippen LogP contribution in [0.5, 0.6) is 0 Å². The smallest absolute Gasteiger partial charge is 0.318 e. The average Bonchev–Trinajstić information content (AvgIpc) is 2.55. The molecule has 0 aromatic heterocycles. The molecule has 6 heteroatoms. The topological polar surface area (TPSA) is 96.2 Å². The van der Waals surface area contributed by atoms with Crippen LogP contribution in [0.3, 0.4) is 0 Å². The molecule has 0 aromatic rings. The summed E-state index contributed by atoms with van der Waals surface area (Å²) in [6.07, 6.45) is 0.994. The van der Waals surface area contributed by atoms with Crippen molar-refractivity contribution >= 4 is 11.9 Å². The van der Waals surface area contributed by atoms with Crippen molar-refractivity contribution in [2.45, 2.75) is 25.4 Å². The zero-order chi connectivity index (χ0) is 10.6. The summed E-state index contributed by atoms with van der Waals surface area (Å²) in [7, 11) is 0. The molecule has 80 valence electrons. The van der Waals surface area contributed by atoms with Gasteiger partial charge in [-0.15, -0.1) is 0 Å². The Morgan fingerprint density at radius 3 is 2.79 bits per heavy atom. The number of hydrogen-bond acceptors (Lipinski definition) is 4. The highest BCUT2D eigenvalue weighted by Gasteiger charge is 2.20. The molecule has 0 aliphatic carbocycles. The molecule has 0 saturated carbocycles. The number of nitrogens with two attached hydrogens (primary N) is 1. The number of rotatable bonds is 3. The minimum Gasteiger partial charge on any atom is -0.351 e. The SMILES string of the molecule is CC(NC1CCNC1)C(=O)NC(N)=O. The second-order valence-corrected chi connectivity index (χ2v) is 3.43. The quantitative estimate of drug-likeness (QED) is 0.447. The summed E-state index contributed by atoms with van der Waals surface area (Å²) < 4.78 is 0. The van der Waals surface area contributed by atoms with Gasteiger partial charge in [-0.3, -0.25) is 10.1 Å². The lowest BCUT2D eigenvalue weighted by atomic mass is 10.2. The van der Waals surface area contributed by atoms with E-state index in [2.05, 4.69) is 10.6 Å². The van der Waals surface area contributed by atoms with Crippen LogP contribution < -0.4 is 21.7 Å². The molecule has 2 unspecified atom stereocenters. The van der Waals surface area contributed by atoms with Crippen molar-refractivity contribution in [2.24, 2.45) is 5.73 Å². The third-order valence-electron chi connectivity index (χ3n) is 2.19. The predicted octanol–water partition coefficient (Wildman–Crippen LogP) is -1.48. The second-order valence-electron chi connectivity index (χ2n) is 3.43. The van der Waals surface area contributed by atoms with E-state index in [4.69, 9.17) is 5.73 Å². The van der Waals surface area contributed by atoms with E-state index in [1.165, 1.54) is 0 Å². The molecule has 6 nitrogen and oxygen atoms in total. The lowest BCUT2D eigenvalue weighted by Gasteiger charge is -2.17. The normalized spacial score (nSPS) is 23.1. The van der Waals surface area contributed by atoms with Gasteiger partial charge in [-0.05, 0) is 19.9 Å². The molecule has 1 aliphatic rings. The third kappa shape index (κ3) is 3.31. The Labute approximate surface area is 82.6 Å². The predicted molar refractivity (Wildman–Crippen MR) is 51.6 cm³/mol. The van der Waals surface area contributed by atoms with Gasteiger partial charge in [-0.1, -0.05) is 0 Å². The fourth-order valence-corrected chi connectivity index (χ4v) is 1.46. The fraction of sp³-hybridized carbons (Fsp3) is 0.750. The summed E-state index contributed by atoms with van der Waals surface area (Å²) in [5, 5.41) is 8.31. The highest BCUT2D eigenvalue weighted by atomic mass is 16.2. The number of urea groups is 1. The minimum absolute atomic E-state index is 0.295. The Morgan fingerprint density at radius 2 is 2.29 bits per heavy atom. The van der Waals surface area contributed by atoms with Crippen LogP contribution in [0.25, 0.3) is 0 Å². The first kappa shape index (κ1) is 10.9. The van der Waals surface area contributed by atoms with Crippen molar-refractivity contribution in [3.05, 3.63) is 0 Å². The van der Waals surface area contributed by atoms with E-state index in [1.54, 1.807) is 6.92 Å². The number of imide groups is 1. The lowest BCUT2D eigenvalue weighted by Crippen LogP contribution is -2.49. The monoisotopic (exact) mass is 200 g/mol. The molecule has 1 saturated heterocycles. The first-order valence-electron chi connectivity index (χ1n) is 4.66. The van der Waals surface area contributed by atoms with Gasteiger partial charge in [0, 0.05) is 12.6 Å². The Balaban J connectivity index is 2.29. The van der Waals surface area contributed by atoms with Crippen LogP contribution in [-0.2, 0) is 4.79 Å². The van der Waals surface area contributed by atoms with Crippen LogP contribution in [0.15, 0.2) is 0 Å². The Morgan fingerprint density at radius 1 is 1.57 bits per heavy atom. The Hall–Kier alpha value is -1.14. The summed E-state index contributed by atoms with van der Waals surface area (Å²) in [5.41, 5.74) is 4.83. The van der Waals surface area contributed by atoms with Gasteiger partial charge in [0.15, 0.2) is 0 Å². The van der Waals surface area contributed by atoms with Gasteiger partial charge in [0.1, 0.15) is 0 Å². The van der Waals surface area contributed by atoms with Gasteiger partial charge in [-0.2, -0.15) is 0 Å². The Kier molecular flexibility index (Phi) is 3.84.